The number of benzene rings is 4. The Balaban J connectivity index is 1.19. The van der Waals surface area contributed by atoms with E-state index in [1.54, 1.807) is 6.21 Å². The topological polar surface area (TPSA) is 50.7 Å². The smallest absolute Gasteiger partial charge is 0.250 e. The highest BCUT2D eigenvalue weighted by Gasteiger charge is 2.02. The molecule has 0 spiro atoms. The van der Waals surface area contributed by atoms with Crippen molar-refractivity contribution in [2.45, 2.75) is 12.4 Å². The molecule has 0 aliphatic heterocycles. The molecule has 0 saturated heterocycles. The van der Waals surface area contributed by atoms with Gasteiger partial charge in [-0.3, -0.25) is 4.79 Å². The molecule has 4 aromatic rings. The number of rotatable bonds is 9. The van der Waals surface area contributed by atoms with Crippen molar-refractivity contribution in [2.75, 3.05) is 5.75 Å². The first-order valence-electron chi connectivity index (χ1n) is 10.5. The maximum absolute atomic E-state index is 11.9. The molecule has 1 N–H and O–H groups in total. The van der Waals surface area contributed by atoms with Crippen molar-refractivity contribution < 1.29 is 9.53 Å². The van der Waals surface area contributed by atoms with Gasteiger partial charge in [-0.05, 0) is 69.9 Å². The van der Waals surface area contributed by atoms with Gasteiger partial charge in [-0.1, -0.05) is 60.1 Å². The number of hydrogen-bond acceptors (Lipinski definition) is 4. The minimum Gasteiger partial charge on any atom is -0.489 e. The van der Waals surface area contributed by atoms with E-state index in [0.717, 1.165) is 28.2 Å². The van der Waals surface area contributed by atoms with Crippen LogP contribution in [0.1, 0.15) is 16.7 Å². The quantitative estimate of drug-likeness (QED) is 0.224. The molecule has 0 unspecified atom stereocenters. The summed E-state index contributed by atoms with van der Waals surface area (Å²) >= 11 is 7.40. The van der Waals surface area contributed by atoms with E-state index in [1.807, 2.05) is 60.7 Å². The fourth-order valence-corrected chi connectivity index (χ4v) is 4.10. The normalized spacial score (nSPS) is 11.1. The largest absolute Gasteiger partial charge is 0.489 e. The lowest BCUT2D eigenvalue weighted by atomic mass is 10.1. The SMILES string of the molecule is O=C(CSCc1ccc(Cl)cc1)N/N=C\c1ccc(OCc2ccc3ccccc3c2)cc1. The van der Waals surface area contributed by atoms with Crippen LogP contribution in [0.5, 0.6) is 5.75 Å². The number of carbonyl (C=O) groups excluding carboxylic acids is 1. The van der Waals surface area contributed by atoms with Crippen LogP contribution in [0.25, 0.3) is 10.8 Å². The molecule has 0 bridgehead atoms. The summed E-state index contributed by atoms with van der Waals surface area (Å²) in [5.74, 6) is 1.72. The molecule has 0 aliphatic rings. The summed E-state index contributed by atoms with van der Waals surface area (Å²) in [6.45, 7) is 0.502. The van der Waals surface area contributed by atoms with Crippen LogP contribution < -0.4 is 10.2 Å². The first-order chi connectivity index (χ1) is 16.2. The zero-order valence-electron chi connectivity index (χ0n) is 17.9. The fraction of sp³-hybridized carbons (Fsp3) is 0.111. The van der Waals surface area contributed by atoms with Crippen molar-refractivity contribution in [3.8, 4) is 5.75 Å². The molecule has 0 atom stereocenters. The molecule has 4 nitrogen and oxygen atoms in total. The monoisotopic (exact) mass is 474 g/mol. The molecule has 0 aromatic heterocycles. The Morgan fingerprint density at radius 3 is 2.42 bits per heavy atom. The Kier molecular flexibility index (Phi) is 8.01. The van der Waals surface area contributed by atoms with E-state index >= 15 is 0 Å². The molecule has 0 aliphatic carbocycles. The Morgan fingerprint density at radius 2 is 1.64 bits per heavy atom. The number of amides is 1. The van der Waals surface area contributed by atoms with Crippen molar-refractivity contribution in [3.63, 3.8) is 0 Å². The number of halogens is 1. The predicted octanol–water partition coefficient (Wildman–Crippen LogP) is 6.46. The maximum Gasteiger partial charge on any atom is 0.250 e. The van der Waals surface area contributed by atoms with Crippen LogP contribution in [-0.2, 0) is 17.2 Å². The Hall–Kier alpha value is -3.28. The van der Waals surface area contributed by atoms with Crippen molar-refractivity contribution >= 4 is 46.3 Å². The van der Waals surface area contributed by atoms with Crippen LogP contribution in [0, 0.1) is 0 Å². The van der Waals surface area contributed by atoms with Gasteiger partial charge in [-0.15, -0.1) is 11.8 Å². The minimum absolute atomic E-state index is 0.138. The van der Waals surface area contributed by atoms with Gasteiger partial charge in [0.1, 0.15) is 12.4 Å². The lowest BCUT2D eigenvalue weighted by Gasteiger charge is -2.07. The van der Waals surface area contributed by atoms with E-state index in [9.17, 15) is 4.79 Å². The van der Waals surface area contributed by atoms with Crippen LogP contribution in [0.15, 0.2) is 96.1 Å². The average Bonchev–Trinajstić information content (AvgIpc) is 2.85. The summed E-state index contributed by atoms with van der Waals surface area (Å²) in [7, 11) is 0. The lowest BCUT2D eigenvalue weighted by Crippen LogP contribution is -2.19. The van der Waals surface area contributed by atoms with Gasteiger partial charge in [-0.2, -0.15) is 5.10 Å². The summed E-state index contributed by atoms with van der Waals surface area (Å²) < 4.78 is 5.90. The van der Waals surface area contributed by atoms with E-state index < -0.39 is 0 Å². The predicted molar refractivity (Wildman–Crippen MR) is 138 cm³/mol. The second-order valence-electron chi connectivity index (χ2n) is 7.45. The maximum atomic E-state index is 11.9. The van der Waals surface area contributed by atoms with Gasteiger partial charge in [0.2, 0.25) is 5.91 Å². The van der Waals surface area contributed by atoms with Gasteiger partial charge in [0, 0.05) is 10.8 Å². The molecule has 0 saturated carbocycles. The molecule has 166 valence electrons. The standard InChI is InChI=1S/C27H23ClN2O2S/c28-25-11-6-21(7-12-25)18-33-19-27(31)30-29-16-20-8-13-26(14-9-20)32-17-22-5-10-23-3-1-2-4-24(23)15-22/h1-16H,17-19H2,(H,30,31)/b29-16-. The molecular weight excluding hydrogens is 452 g/mol. The summed E-state index contributed by atoms with van der Waals surface area (Å²) in [4.78, 5) is 11.9. The Bertz CT molecular complexity index is 1240. The van der Waals surface area contributed by atoms with Gasteiger partial charge in [0.25, 0.3) is 0 Å². The van der Waals surface area contributed by atoms with E-state index in [1.165, 1.54) is 22.5 Å². The second kappa shape index (κ2) is 11.5. The van der Waals surface area contributed by atoms with E-state index in [2.05, 4.69) is 40.9 Å². The van der Waals surface area contributed by atoms with Gasteiger partial charge in [-0.25, -0.2) is 5.43 Å². The molecule has 0 heterocycles. The van der Waals surface area contributed by atoms with Crippen molar-refractivity contribution in [3.05, 3.63) is 113 Å². The highest BCUT2D eigenvalue weighted by Crippen LogP contribution is 2.18. The highest BCUT2D eigenvalue weighted by molar-refractivity contribution is 7.99. The van der Waals surface area contributed by atoms with Crippen molar-refractivity contribution in [1.82, 2.24) is 5.43 Å². The third-order valence-electron chi connectivity index (χ3n) is 4.92. The fourth-order valence-electron chi connectivity index (χ4n) is 3.20. The molecule has 6 heteroatoms. The molecule has 33 heavy (non-hydrogen) atoms. The molecule has 4 rings (SSSR count). The first kappa shape index (κ1) is 22.9. The zero-order valence-corrected chi connectivity index (χ0v) is 19.5. The number of hydrogen-bond donors (Lipinski definition) is 1. The number of fused-ring (bicyclic) bond motifs is 1. The lowest BCUT2D eigenvalue weighted by molar-refractivity contribution is -0.118. The molecule has 4 aromatic carbocycles. The average molecular weight is 475 g/mol. The molecule has 0 radical (unpaired) electrons. The number of ether oxygens (including phenoxy) is 1. The second-order valence-corrected chi connectivity index (χ2v) is 8.87. The minimum atomic E-state index is -0.138. The molecule has 1 amide bonds. The highest BCUT2D eigenvalue weighted by atomic mass is 35.5. The number of nitrogens with one attached hydrogen (secondary N) is 1. The van der Waals surface area contributed by atoms with Gasteiger partial charge in [0.05, 0.1) is 12.0 Å². The van der Waals surface area contributed by atoms with Gasteiger partial charge < -0.3 is 4.74 Å². The Labute approximate surface area is 202 Å². The number of nitrogens with zero attached hydrogens (tertiary/aromatic N) is 1. The summed E-state index contributed by atoms with van der Waals surface area (Å²) in [5.41, 5.74) is 5.69. The van der Waals surface area contributed by atoms with Crippen LogP contribution in [0.2, 0.25) is 5.02 Å². The number of thioether (sulfide) groups is 1. The Morgan fingerprint density at radius 1 is 0.909 bits per heavy atom. The van der Waals surface area contributed by atoms with E-state index in [0.29, 0.717) is 17.4 Å². The third kappa shape index (κ3) is 7.11. The number of carbonyl (C=O) groups is 1. The molecular formula is C27H23ClN2O2S. The molecule has 0 fully saturated rings. The van der Waals surface area contributed by atoms with Crippen LogP contribution in [0.3, 0.4) is 0 Å². The van der Waals surface area contributed by atoms with E-state index in [-0.39, 0.29) is 5.91 Å². The van der Waals surface area contributed by atoms with Crippen LogP contribution in [-0.4, -0.2) is 17.9 Å². The van der Waals surface area contributed by atoms with Crippen molar-refractivity contribution in [2.24, 2.45) is 5.10 Å². The zero-order chi connectivity index (χ0) is 22.9. The number of hydrazone groups is 1. The summed E-state index contributed by atoms with van der Waals surface area (Å²) in [6, 6.07) is 29.8. The summed E-state index contributed by atoms with van der Waals surface area (Å²) in [6.07, 6.45) is 1.62. The van der Waals surface area contributed by atoms with Crippen LogP contribution in [0.4, 0.5) is 0 Å². The third-order valence-corrected chi connectivity index (χ3v) is 6.17. The van der Waals surface area contributed by atoms with Crippen LogP contribution >= 0.6 is 23.4 Å². The van der Waals surface area contributed by atoms with Crippen molar-refractivity contribution in [1.29, 1.82) is 0 Å². The summed E-state index contributed by atoms with van der Waals surface area (Å²) in [5, 5.41) is 7.17. The van der Waals surface area contributed by atoms with E-state index in [4.69, 9.17) is 16.3 Å². The van der Waals surface area contributed by atoms with Gasteiger partial charge in [0.15, 0.2) is 0 Å². The van der Waals surface area contributed by atoms with Gasteiger partial charge >= 0.3 is 0 Å². The first-order valence-corrected chi connectivity index (χ1v) is 12.0.